The highest BCUT2D eigenvalue weighted by Crippen LogP contribution is 2.44. The van der Waals surface area contributed by atoms with E-state index in [4.69, 9.17) is 4.74 Å². The Labute approximate surface area is 184 Å². The summed E-state index contributed by atoms with van der Waals surface area (Å²) in [5, 5.41) is 0. The molecule has 0 bridgehead atoms. The molecule has 1 aliphatic carbocycles. The Kier molecular flexibility index (Phi) is 5.70. The number of benzene rings is 2. The zero-order valence-electron chi connectivity index (χ0n) is 18.2. The molecule has 1 saturated carbocycles. The van der Waals surface area contributed by atoms with Crippen LogP contribution in [0.25, 0.3) is 0 Å². The number of fused-ring (bicyclic) bond motifs is 1. The number of carbonyl (C=O) groups is 1. The van der Waals surface area contributed by atoms with Crippen LogP contribution in [-0.4, -0.2) is 48.5 Å². The summed E-state index contributed by atoms with van der Waals surface area (Å²) in [6.45, 7) is 3.45. The summed E-state index contributed by atoms with van der Waals surface area (Å²) >= 11 is 0. The summed E-state index contributed by atoms with van der Waals surface area (Å²) in [4.78, 5) is 17.9. The number of carbonyl (C=O) groups excluding carboxylic acids is 1. The predicted octanol–water partition coefficient (Wildman–Crippen LogP) is 4.45. The van der Waals surface area contributed by atoms with Crippen molar-refractivity contribution in [1.82, 2.24) is 9.80 Å². The molecule has 0 spiro atoms. The van der Waals surface area contributed by atoms with Gasteiger partial charge in [0.15, 0.2) is 0 Å². The summed E-state index contributed by atoms with van der Waals surface area (Å²) in [6.07, 6.45) is 4.27. The van der Waals surface area contributed by atoms with Gasteiger partial charge in [0.1, 0.15) is 11.6 Å². The molecule has 2 aromatic rings. The summed E-state index contributed by atoms with van der Waals surface area (Å²) in [6, 6.07) is 15.6. The molecule has 5 heteroatoms. The normalized spacial score (nSPS) is 26.4. The number of nitrogens with zero attached hydrogens (tertiary/aromatic N) is 2. The molecule has 0 aromatic heterocycles. The average molecular weight is 423 g/mol. The number of methoxy groups -OCH3 is 1. The second-order valence-electron chi connectivity index (χ2n) is 9.38. The lowest BCUT2D eigenvalue weighted by molar-refractivity contribution is -0.140. The van der Waals surface area contributed by atoms with Crippen molar-refractivity contribution in [2.75, 3.05) is 26.7 Å². The van der Waals surface area contributed by atoms with Gasteiger partial charge in [-0.15, -0.1) is 0 Å². The lowest BCUT2D eigenvalue weighted by Gasteiger charge is -2.40. The largest absolute Gasteiger partial charge is 0.497 e. The lowest BCUT2D eigenvalue weighted by Crippen LogP contribution is -2.49. The van der Waals surface area contributed by atoms with E-state index in [9.17, 15) is 9.18 Å². The van der Waals surface area contributed by atoms with Gasteiger partial charge in [-0.25, -0.2) is 4.39 Å². The van der Waals surface area contributed by atoms with Gasteiger partial charge in [-0.1, -0.05) is 30.7 Å². The molecule has 0 unspecified atom stereocenters. The summed E-state index contributed by atoms with van der Waals surface area (Å²) < 4.78 is 19.0. The van der Waals surface area contributed by atoms with Gasteiger partial charge in [-0.3, -0.25) is 9.69 Å². The Hall–Kier alpha value is -2.40. The molecule has 5 rings (SSSR count). The maximum absolute atomic E-state index is 13.7. The van der Waals surface area contributed by atoms with Crippen LogP contribution < -0.4 is 4.74 Å². The number of likely N-dealkylation sites (tertiary alicyclic amines) is 2. The third kappa shape index (κ3) is 4.08. The van der Waals surface area contributed by atoms with Gasteiger partial charge in [0.05, 0.1) is 7.11 Å². The van der Waals surface area contributed by atoms with Gasteiger partial charge in [0.2, 0.25) is 5.91 Å². The fourth-order valence-corrected chi connectivity index (χ4v) is 5.69. The van der Waals surface area contributed by atoms with Gasteiger partial charge in [0, 0.05) is 50.0 Å². The molecule has 2 heterocycles. The van der Waals surface area contributed by atoms with Gasteiger partial charge >= 0.3 is 0 Å². The Morgan fingerprint density at radius 1 is 1.10 bits per heavy atom. The Morgan fingerprint density at radius 3 is 2.58 bits per heavy atom. The third-order valence-corrected chi connectivity index (χ3v) is 7.59. The highest BCUT2D eigenvalue weighted by Gasteiger charge is 2.48. The second-order valence-corrected chi connectivity index (χ2v) is 9.38. The first-order valence-electron chi connectivity index (χ1n) is 11.5. The number of hydrogen-bond donors (Lipinski definition) is 0. The molecule has 0 N–H and O–H groups in total. The second kappa shape index (κ2) is 8.62. The number of rotatable bonds is 5. The van der Waals surface area contributed by atoms with Crippen molar-refractivity contribution in [3.05, 3.63) is 65.5 Å². The SMILES string of the molecule is COc1ccc([C@@H]2CN(C(=O)C3CCC3)[C@H]3CCN(Cc4cccc(F)c4)C[C@@H]23)cc1. The van der Waals surface area contributed by atoms with Crippen LogP contribution in [-0.2, 0) is 11.3 Å². The Balaban J connectivity index is 1.37. The minimum atomic E-state index is -0.179. The van der Waals surface area contributed by atoms with Crippen molar-refractivity contribution >= 4 is 5.91 Å². The van der Waals surface area contributed by atoms with Crippen molar-refractivity contribution in [3.63, 3.8) is 0 Å². The van der Waals surface area contributed by atoms with Crippen molar-refractivity contribution in [1.29, 1.82) is 0 Å². The zero-order chi connectivity index (χ0) is 21.4. The highest BCUT2D eigenvalue weighted by molar-refractivity contribution is 5.80. The highest BCUT2D eigenvalue weighted by atomic mass is 19.1. The van der Waals surface area contributed by atoms with E-state index >= 15 is 0 Å². The van der Waals surface area contributed by atoms with E-state index in [-0.39, 0.29) is 11.7 Å². The molecule has 3 aliphatic rings. The maximum Gasteiger partial charge on any atom is 0.225 e. The molecule has 164 valence electrons. The fraction of sp³-hybridized carbons (Fsp3) is 0.500. The van der Waals surface area contributed by atoms with E-state index in [0.717, 1.165) is 56.8 Å². The predicted molar refractivity (Wildman–Crippen MR) is 118 cm³/mol. The van der Waals surface area contributed by atoms with E-state index in [1.807, 2.05) is 18.2 Å². The summed E-state index contributed by atoms with van der Waals surface area (Å²) in [7, 11) is 1.69. The van der Waals surface area contributed by atoms with E-state index in [1.54, 1.807) is 19.2 Å². The van der Waals surface area contributed by atoms with Crippen LogP contribution >= 0.6 is 0 Å². The lowest BCUT2D eigenvalue weighted by atomic mass is 9.81. The minimum Gasteiger partial charge on any atom is -0.497 e. The molecule has 3 fully saturated rings. The molecule has 2 aromatic carbocycles. The Morgan fingerprint density at radius 2 is 1.90 bits per heavy atom. The number of hydrogen-bond acceptors (Lipinski definition) is 3. The molecular weight excluding hydrogens is 391 g/mol. The first-order chi connectivity index (χ1) is 15.1. The molecule has 1 amide bonds. The molecule has 0 radical (unpaired) electrons. The first kappa shape index (κ1) is 20.5. The number of amides is 1. The number of piperidine rings is 1. The van der Waals surface area contributed by atoms with Crippen LogP contribution in [0.3, 0.4) is 0 Å². The van der Waals surface area contributed by atoms with Gasteiger partial charge in [0.25, 0.3) is 0 Å². The monoisotopic (exact) mass is 422 g/mol. The number of halogens is 1. The fourth-order valence-electron chi connectivity index (χ4n) is 5.69. The first-order valence-corrected chi connectivity index (χ1v) is 11.5. The third-order valence-electron chi connectivity index (χ3n) is 7.59. The standard InChI is InChI=1S/C26H31FN2O2/c1-31-22-10-8-19(9-11-22)23-17-29(26(30)20-5-3-6-20)25-12-13-28(16-24(23)25)15-18-4-2-7-21(27)14-18/h2,4,7-11,14,20,23-25H,3,5-6,12-13,15-17H2,1H3/t23-,24-,25-/m0/s1. The van der Waals surface area contributed by atoms with Crippen molar-refractivity contribution in [2.45, 2.75) is 44.2 Å². The molecule has 3 atom stereocenters. The number of ether oxygens (including phenoxy) is 1. The van der Waals surface area contributed by atoms with Crippen LogP contribution in [0.5, 0.6) is 5.75 Å². The summed E-state index contributed by atoms with van der Waals surface area (Å²) in [5.41, 5.74) is 2.30. The van der Waals surface area contributed by atoms with Crippen LogP contribution in [0.15, 0.2) is 48.5 Å². The van der Waals surface area contributed by atoms with Crippen LogP contribution in [0.1, 0.15) is 42.7 Å². The van der Waals surface area contributed by atoms with Gasteiger partial charge < -0.3 is 9.64 Å². The molecule has 4 nitrogen and oxygen atoms in total. The van der Waals surface area contributed by atoms with Crippen LogP contribution in [0.4, 0.5) is 4.39 Å². The Bertz CT molecular complexity index is 927. The molecule has 31 heavy (non-hydrogen) atoms. The van der Waals surface area contributed by atoms with Crippen LogP contribution in [0, 0.1) is 17.7 Å². The van der Waals surface area contributed by atoms with E-state index in [2.05, 4.69) is 21.9 Å². The average Bonchev–Trinajstić information content (AvgIpc) is 3.11. The molecule has 2 aliphatic heterocycles. The van der Waals surface area contributed by atoms with E-state index < -0.39 is 0 Å². The van der Waals surface area contributed by atoms with Gasteiger partial charge in [-0.2, -0.15) is 0 Å². The smallest absolute Gasteiger partial charge is 0.225 e. The summed E-state index contributed by atoms with van der Waals surface area (Å²) in [5.74, 6) is 2.02. The minimum absolute atomic E-state index is 0.179. The molecular formula is C26H31FN2O2. The maximum atomic E-state index is 13.7. The van der Waals surface area contributed by atoms with Crippen molar-refractivity contribution in [2.24, 2.45) is 11.8 Å². The quantitative estimate of drug-likeness (QED) is 0.714. The van der Waals surface area contributed by atoms with Crippen LogP contribution in [0.2, 0.25) is 0 Å². The van der Waals surface area contributed by atoms with E-state index in [1.165, 1.54) is 18.1 Å². The van der Waals surface area contributed by atoms with E-state index in [0.29, 0.717) is 23.8 Å². The van der Waals surface area contributed by atoms with Crippen molar-refractivity contribution in [3.8, 4) is 5.75 Å². The topological polar surface area (TPSA) is 32.8 Å². The zero-order valence-corrected chi connectivity index (χ0v) is 18.2. The molecule has 2 saturated heterocycles. The van der Waals surface area contributed by atoms with Gasteiger partial charge in [-0.05, 0) is 54.7 Å². The van der Waals surface area contributed by atoms with Crippen molar-refractivity contribution < 1.29 is 13.9 Å².